The molecule has 1 atom stereocenters. The molecular weight excluding hydrogens is 206 g/mol. The van der Waals surface area contributed by atoms with Crippen molar-refractivity contribution in [3.63, 3.8) is 0 Å². The van der Waals surface area contributed by atoms with Gasteiger partial charge >= 0.3 is 0 Å². The van der Waals surface area contributed by atoms with E-state index in [9.17, 15) is 9.59 Å². The number of rotatable bonds is 2. The Morgan fingerprint density at radius 2 is 2.44 bits per heavy atom. The molecule has 2 N–H and O–H groups in total. The van der Waals surface area contributed by atoms with Crippen LogP contribution in [0.5, 0.6) is 0 Å². The van der Waals surface area contributed by atoms with Gasteiger partial charge in [-0.2, -0.15) is 0 Å². The molecule has 1 aromatic heterocycles. The Morgan fingerprint density at radius 1 is 1.62 bits per heavy atom. The Morgan fingerprint density at radius 3 is 3.06 bits per heavy atom. The summed E-state index contributed by atoms with van der Waals surface area (Å²) in [7, 11) is 0. The van der Waals surface area contributed by atoms with E-state index in [0.29, 0.717) is 18.7 Å². The maximum atomic E-state index is 11.7. The lowest BCUT2D eigenvalue weighted by molar-refractivity contribution is -0.122. The largest absolute Gasteiger partial charge is 0.344 e. The molecule has 0 aliphatic carbocycles. The van der Waals surface area contributed by atoms with E-state index >= 15 is 0 Å². The molecule has 0 bridgehead atoms. The van der Waals surface area contributed by atoms with Gasteiger partial charge in [-0.1, -0.05) is 0 Å². The number of carbonyl (C=O) groups excluding carboxylic acids is 2. The smallest absolute Gasteiger partial charge is 0.248 e. The Hall–Kier alpha value is -1.91. The van der Waals surface area contributed by atoms with Gasteiger partial charge in [-0.3, -0.25) is 9.59 Å². The molecule has 0 radical (unpaired) electrons. The second-order valence-electron chi connectivity index (χ2n) is 3.87. The third-order valence-electron chi connectivity index (χ3n) is 2.48. The van der Waals surface area contributed by atoms with Gasteiger partial charge in [0.2, 0.25) is 11.8 Å². The normalized spacial score (nSPS) is 19.3. The average molecular weight is 219 g/mol. The zero-order valence-electron chi connectivity index (χ0n) is 8.99. The molecule has 1 unspecified atom stereocenters. The van der Waals surface area contributed by atoms with Crippen LogP contribution in [0, 0.1) is 6.92 Å². The van der Waals surface area contributed by atoms with Gasteiger partial charge in [-0.05, 0) is 31.0 Å². The third kappa shape index (κ3) is 2.36. The number of nitrogens with one attached hydrogen (secondary N) is 2. The minimum absolute atomic E-state index is 0.0719. The number of hydrogen-bond acceptors (Lipinski definition) is 3. The molecule has 0 saturated carbocycles. The molecule has 2 heterocycles. The van der Waals surface area contributed by atoms with Crippen molar-refractivity contribution in [2.45, 2.75) is 25.8 Å². The molecule has 1 aliphatic heterocycles. The molecule has 1 saturated heterocycles. The number of anilines is 1. The van der Waals surface area contributed by atoms with Gasteiger partial charge in [0.1, 0.15) is 11.9 Å². The van der Waals surface area contributed by atoms with Gasteiger partial charge in [-0.25, -0.2) is 4.98 Å². The lowest BCUT2D eigenvalue weighted by Crippen LogP contribution is -2.37. The van der Waals surface area contributed by atoms with Crippen LogP contribution in [0.15, 0.2) is 18.3 Å². The second-order valence-corrected chi connectivity index (χ2v) is 3.87. The van der Waals surface area contributed by atoms with Crippen LogP contribution in [-0.2, 0) is 9.59 Å². The fraction of sp³-hybridized carbons (Fsp3) is 0.364. The maximum Gasteiger partial charge on any atom is 0.248 e. The molecule has 0 spiro atoms. The molecule has 5 nitrogen and oxygen atoms in total. The van der Waals surface area contributed by atoms with Crippen LogP contribution in [0.3, 0.4) is 0 Å². The second kappa shape index (κ2) is 4.30. The lowest BCUT2D eigenvalue weighted by atomic mass is 10.2. The van der Waals surface area contributed by atoms with E-state index in [1.807, 2.05) is 13.0 Å². The first kappa shape index (κ1) is 10.6. The van der Waals surface area contributed by atoms with Crippen LogP contribution in [0.25, 0.3) is 0 Å². The van der Waals surface area contributed by atoms with Crippen molar-refractivity contribution in [1.29, 1.82) is 0 Å². The highest BCUT2D eigenvalue weighted by Crippen LogP contribution is 2.10. The number of aryl methyl sites for hydroxylation is 1. The predicted molar refractivity (Wildman–Crippen MR) is 58.8 cm³/mol. The monoisotopic (exact) mass is 219 g/mol. The van der Waals surface area contributed by atoms with E-state index in [1.165, 1.54) is 0 Å². The number of carbonyl (C=O) groups is 2. The summed E-state index contributed by atoms with van der Waals surface area (Å²) in [6, 6.07) is 3.22. The molecule has 1 fully saturated rings. The summed E-state index contributed by atoms with van der Waals surface area (Å²) in [6.07, 6.45) is 2.61. The number of hydrogen-bond donors (Lipinski definition) is 2. The van der Waals surface area contributed by atoms with Gasteiger partial charge < -0.3 is 10.6 Å². The summed E-state index contributed by atoms with van der Waals surface area (Å²) in [4.78, 5) is 26.7. The first-order valence-electron chi connectivity index (χ1n) is 5.18. The fourth-order valence-corrected chi connectivity index (χ4v) is 1.63. The first-order chi connectivity index (χ1) is 7.65. The van der Waals surface area contributed by atoms with Gasteiger partial charge in [0.15, 0.2) is 0 Å². The van der Waals surface area contributed by atoms with E-state index in [1.54, 1.807) is 12.3 Å². The van der Waals surface area contributed by atoms with Crippen LogP contribution in [0.2, 0.25) is 0 Å². The fourth-order valence-electron chi connectivity index (χ4n) is 1.63. The summed E-state index contributed by atoms with van der Waals surface area (Å²) >= 11 is 0. The van der Waals surface area contributed by atoms with Gasteiger partial charge in [0.25, 0.3) is 0 Å². The molecule has 5 heteroatoms. The molecule has 1 aromatic rings. The summed E-state index contributed by atoms with van der Waals surface area (Å²) in [6.45, 7) is 1.93. The van der Waals surface area contributed by atoms with Crippen molar-refractivity contribution in [2.24, 2.45) is 0 Å². The van der Waals surface area contributed by atoms with E-state index in [4.69, 9.17) is 0 Å². The molecule has 0 aromatic carbocycles. The number of pyridine rings is 1. The third-order valence-corrected chi connectivity index (χ3v) is 2.48. The zero-order valence-corrected chi connectivity index (χ0v) is 8.99. The Balaban J connectivity index is 1.99. The highest BCUT2D eigenvalue weighted by Gasteiger charge is 2.27. The van der Waals surface area contributed by atoms with Gasteiger partial charge in [0, 0.05) is 12.6 Å². The minimum Gasteiger partial charge on any atom is -0.344 e. The zero-order chi connectivity index (χ0) is 11.5. The highest BCUT2D eigenvalue weighted by molar-refractivity contribution is 5.98. The number of aromatic nitrogens is 1. The van der Waals surface area contributed by atoms with Crippen molar-refractivity contribution in [3.8, 4) is 0 Å². The maximum absolute atomic E-state index is 11.7. The number of amides is 2. The van der Waals surface area contributed by atoms with Crippen molar-refractivity contribution < 1.29 is 9.59 Å². The predicted octanol–water partition coefficient (Wildman–Crippen LogP) is 0.607. The highest BCUT2D eigenvalue weighted by atomic mass is 16.2. The Kier molecular flexibility index (Phi) is 2.85. The van der Waals surface area contributed by atoms with Crippen LogP contribution in [0.4, 0.5) is 5.82 Å². The van der Waals surface area contributed by atoms with Crippen LogP contribution < -0.4 is 10.6 Å². The Labute approximate surface area is 93.3 Å². The van der Waals surface area contributed by atoms with E-state index in [2.05, 4.69) is 15.6 Å². The summed E-state index contributed by atoms with van der Waals surface area (Å²) < 4.78 is 0. The average Bonchev–Trinajstić information content (AvgIpc) is 2.65. The molecule has 2 amide bonds. The SMILES string of the molecule is Cc1ccnc(NC(=O)C2CCC(=O)N2)c1. The molecule has 16 heavy (non-hydrogen) atoms. The lowest BCUT2D eigenvalue weighted by Gasteiger charge is -2.10. The summed E-state index contributed by atoms with van der Waals surface area (Å²) in [5, 5.41) is 5.29. The van der Waals surface area contributed by atoms with E-state index in [0.717, 1.165) is 5.56 Å². The summed E-state index contributed by atoms with van der Waals surface area (Å²) in [5.74, 6) is 0.243. The number of nitrogens with zero attached hydrogens (tertiary/aromatic N) is 1. The van der Waals surface area contributed by atoms with Crippen LogP contribution in [0.1, 0.15) is 18.4 Å². The van der Waals surface area contributed by atoms with Gasteiger partial charge in [0.05, 0.1) is 0 Å². The quantitative estimate of drug-likeness (QED) is 0.765. The van der Waals surface area contributed by atoms with Crippen LogP contribution in [-0.4, -0.2) is 22.8 Å². The molecule has 2 rings (SSSR count). The Bertz CT molecular complexity index is 431. The van der Waals surface area contributed by atoms with E-state index < -0.39 is 6.04 Å². The molecule has 1 aliphatic rings. The van der Waals surface area contributed by atoms with Gasteiger partial charge in [-0.15, -0.1) is 0 Å². The molecular formula is C11H13N3O2. The topological polar surface area (TPSA) is 71.1 Å². The summed E-state index contributed by atoms with van der Waals surface area (Å²) in [5.41, 5.74) is 1.03. The first-order valence-corrected chi connectivity index (χ1v) is 5.18. The minimum atomic E-state index is -0.421. The van der Waals surface area contributed by atoms with Crippen molar-refractivity contribution in [1.82, 2.24) is 10.3 Å². The van der Waals surface area contributed by atoms with Crippen molar-refractivity contribution in [3.05, 3.63) is 23.9 Å². The van der Waals surface area contributed by atoms with Crippen molar-refractivity contribution >= 4 is 17.6 Å². The standard InChI is InChI=1S/C11H13N3O2/c1-7-4-5-12-9(6-7)14-11(16)8-2-3-10(15)13-8/h4-6,8H,2-3H2,1H3,(H,13,15)(H,12,14,16). The van der Waals surface area contributed by atoms with Crippen molar-refractivity contribution in [2.75, 3.05) is 5.32 Å². The van der Waals surface area contributed by atoms with Crippen LogP contribution >= 0.6 is 0 Å². The van der Waals surface area contributed by atoms with E-state index in [-0.39, 0.29) is 11.8 Å². The molecule has 84 valence electrons.